The maximum atomic E-state index is 12.7. The molecule has 0 radical (unpaired) electrons. The van der Waals surface area contributed by atoms with Crippen LogP contribution < -0.4 is 0 Å². The smallest absolute Gasteiger partial charge is 0.246 e. The van der Waals surface area contributed by atoms with E-state index in [0.29, 0.717) is 19.0 Å². The Balaban J connectivity index is 1.35. The summed E-state index contributed by atoms with van der Waals surface area (Å²) in [7, 11) is 0. The van der Waals surface area contributed by atoms with Gasteiger partial charge in [0.05, 0.1) is 0 Å². The van der Waals surface area contributed by atoms with Crippen LogP contribution in [-0.4, -0.2) is 47.8 Å². The topological polar surface area (TPSA) is 40.6 Å². The van der Waals surface area contributed by atoms with Gasteiger partial charge in [0.2, 0.25) is 11.8 Å². The normalized spacial score (nSPS) is 18.7. The first-order valence-electron chi connectivity index (χ1n) is 10.5. The minimum atomic E-state index is 0.0387. The Morgan fingerprint density at radius 1 is 0.821 bits per heavy atom. The average Bonchev–Trinajstić information content (AvgIpc) is 2.77. The van der Waals surface area contributed by atoms with Crippen molar-refractivity contribution in [3.8, 4) is 0 Å². The fraction of sp³-hybridized carbons (Fsp3) is 0.417. The Kier molecular flexibility index (Phi) is 5.75. The first-order valence-corrected chi connectivity index (χ1v) is 10.5. The number of hydrogen-bond donors (Lipinski definition) is 0. The molecule has 2 aromatic carbocycles. The van der Waals surface area contributed by atoms with Gasteiger partial charge in [0, 0.05) is 38.2 Å². The first kappa shape index (κ1) is 18.7. The molecule has 2 aromatic rings. The maximum absolute atomic E-state index is 12.7. The standard InChI is InChI=1S/C24H28N2O2/c27-23(12-11-20-9-6-8-19-7-2-3-10-22(19)20)25-17-13-21(14-18-25)24(28)26-15-4-1-5-16-26/h2-3,6-12,21H,1,4-5,13-18H2/b12-11+. The lowest BCUT2D eigenvalue weighted by Crippen LogP contribution is -2.45. The van der Waals surface area contributed by atoms with Gasteiger partial charge in [-0.1, -0.05) is 42.5 Å². The van der Waals surface area contributed by atoms with Gasteiger partial charge < -0.3 is 9.80 Å². The number of benzene rings is 2. The van der Waals surface area contributed by atoms with E-state index in [-0.39, 0.29) is 11.8 Å². The third kappa shape index (κ3) is 4.11. The zero-order valence-electron chi connectivity index (χ0n) is 16.3. The zero-order chi connectivity index (χ0) is 19.3. The fourth-order valence-electron chi connectivity index (χ4n) is 4.38. The Bertz CT molecular complexity index is 870. The summed E-state index contributed by atoms with van der Waals surface area (Å²) in [6.07, 6.45) is 8.64. The molecule has 2 heterocycles. The summed E-state index contributed by atoms with van der Waals surface area (Å²) in [5.74, 6) is 0.430. The van der Waals surface area contributed by atoms with Crippen molar-refractivity contribution in [1.29, 1.82) is 0 Å². The molecule has 4 nitrogen and oxygen atoms in total. The quantitative estimate of drug-likeness (QED) is 0.757. The number of rotatable bonds is 3. The van der Waals surface area contributed by atoms with Crippen LogP contribution in [0.15, 0.2) is 48.5 Å². The van der Waals surface area contributed by atoms with Gasteiger partial charge in [-0.25, -0.2) is 0 Å². The predicted molar refractivity (Wildman–Crippen MR) is 113 cm³/mol. The molecule has 146 valence electrons. The van der Waals surface area contributed by atoms with Crippen molar-refractivity contribution in [3.63, 3.8) is 0 Å². The molecule has 2 amide bonds. The van der Waals surface area contributed by atoms with Crippen LogP contribution in [0.4, 0.5) is 0 Å². The molecule has 2 saturated heterocycles. The fourth-order valence-corrected chi connectivity index (χ4v) is 4.38. The third-order valence-corrected chi connectivity index (χ3v) is 6.05. The highest BCUT2D eigenvalue weighted by atomic mass is 16.2. The Labute approximate surface area is 166 Å². The van der Waals surface area contributed by atoms with Gasteiger partial charge in [0.25, 0.3) is 0 Å². The van der Waals surface area contributed by atoms with Crippen molar-refractivity contribution in [2.75, 3.05) is 26.2 Å². The van der Waals surface area contributed by atoms with Gasteiger partial charge in [0.1, 0.15) is 0 Å². The van der Waals surface area contributed by atoms with E-state index in [4.69, 9.17) is 0 Å². The molecule has 0 N–H and O–H groups in total. The highest BCUT2D eigenvalue weighted by Crippen LogP contribution is 2.23. The van der Waals surface area contributed by atoms with Crippen molar-refractivity contribution in [3.05, 3.63) is 54.1 Å². The lowest BCUT2D eigenvalue weighted by Gasteiger charge is -2.35. The van der Waals surface area contributed by atoms with E-state index in [1.165, 1.54) is 11.8 Å². The molecule has 28 heavy (non-hydrogen) atoms. The van der Waals surface area contributed by atoms with Crippen LogP contribution >= 0.6 is 0 Å². The summed E-state index contributed by atoms with van der Waals surface area (Å²) in [5.41, 5.74) is 1.06. The highest BCUT2D eigenvalue weighted by Gasteiger charge is 2.30. The monoisotopic (exact) mass is 376 g/mol. The molecule has 0 spiro atoms. The van der Waals surface area contributed by atoms with Gasteiger partial charge in [-0.05, 0) is 54.5 Å². The molecule has 2 aliphatic heterocycles. The average molecular weight is 377 g/mol. The van der Waals surface area contributed by atoms with Gasteiger partial charge in [0.15, 0.2) is 0 Å². The van der Waals surface area contributed by atoms with Gasteiger partial charge in [-0.3, -0.25) is 9.59 Å². The van der Waals surface area contributed by atoms with Crippen LogP contribution in [0.1, 0.15) is 37.7 Å². The maximum Gasteiger partial charge on any atom is 0.246 e. The van der Waals surface area contributed by atoms with E-state index < -0.39 is 0 Å². The summed E-state index contributed by atoms with van der Waals surface area (Å²) >= 11 is 0. The SMILES string of the molecule is O=C(/C=C/c1cccc2ccccc12)N1CCC(C(=O)N2CCCCC2)CC1. The second-order valence-electron chi connectivity index (χ2n) is 7.89. The van der Waals surface area contributed by atoms with Crippen LogP contribution in [0.25, 0.3) is 16.8 Å². The summed E-state index contributed by atoms with van der Waals surface area (Å²) in [5, 5.41) is 2.33. The van der Waals surface area contributed by atoms with E-state index in [9.17, 15) is 9.59 Å². The number of nitrogens with zero attached hydrogens (tertiary/aromatic N) is 2. The number of carbonyl (C=O) groups is 2. The minimum absolute atomic E-state index is 0.0387. The number of carbonyl (C=O) groups excluding carboxylic acids is 2. The molecule has 4 rings (SSSR count). The summed E-state index contributed by atoms with van der Waals surface area (Å²) in [4.78, 5) is 29.2. The minimum Gasteiger partial charge on any atom is -0.342 e. The molecule has 2 aliphatic rings. The molecular weight excluding hydrogens is 348 g/mol. The van der Waals surface area contributed by atoms with Crippen LogP contribution in [0.5, 0.6) is 0 Å². The van der Waals surface area contributed by atoms with Crippen molar-refractivity contribution in [1.82, 2.24) is 9.80 Å². The summed E-state index contributed by atoms with van der Waals surface area (Å²) < 4.78 is 0. The molecule has 0 atom stereocenters. The number of hydrogen-bond acceptors (Lipinski definition) is 2. The largest absolute Gasteiger partial charge is 0.342 e. The molecular formula is C24H28N2O2. The van der Waals surface area contributed by atoms with Gasteiger partial charge >= 0.3 is 0 Å². The molecule has 0 saturated carbocycles. The number of amides is 2. The van der Waals surface area contributed by atoms with Gasteiger partial charge in [-0.15, -0.1) is 0 Å². The molecule has 0 aliphatic carbocycles. The van der Waals surface area contributed by atoms with E-state index in [0.717, 1.165) is 49.7 Å². The molecule has 4 heteroatoms. The Morgan fingerprint density at radius 2 is 1.54 bits per heavy atom. The Hall–Kier alpha value is -2.62. The first-order chi connectivity index (χ1) is 13.7. The van der Waals surface area contributed by atoms with Crippen LogP contribution in [0, 0.1) is 5.92 Å². The summed E-state index contributed by atoms with van der Waals surface area (Å²) in [6.45, 7) is 3.16. The van der Waals surface area contributed by atoms with Crippen molar-refractivity contribution < 1.29 is 9.59 Å². The van der Waals surface area contributed by atoms with Crippen LogP contribution in [-0.2, 0) is 9.59 Å². The third-order valence-electron chi connectivity index (χ3n) is 6.05. The molecule has 0 bridgehead atoms. The lowest BCUT2D eigenvalue weighted by atomic mass is 9.94. The zero-order valence-corrected chi connectivity index (χ0v) is 16.3. The van der Waals surface area contributed by atoms with Crippen molar-refractivity contribution in [2.45, 2.75) is 32.1 Å². The number of piperidine rings is 2. The number of fused-ring (bicyclic) bond motifs is 1. The van der Waals surface area contributed by atoms with Crippen molar-refractivity contribution in [2.24, 2.45) is 5.92 Å². The lowest BCUT2D eigenvalue weighted by molar-refractivity contribution is -0.140. The van der Waals surface area contributed by atoms with Gasteiger partial charge in [-0.2, -0.15) is 0 Å². The highest BCUT2D eigenvalue weighted by molar-refractivity contribution is 5.96. The van der Waals surface area contributed by atoms with E-state index in [1.807, 2.05) is 40.1 Å². The molecule has 2 fully saturated rings. The molecule has 0 aromatic heterocycles. The van der Waals surface area contributed by atoms with E-state index >= 15 is 0 Å². The second kappa shape index (κ2) is 8.59. The van der Waals surface area contributed by atoms with E-state index in [2.05, 4.69) is 18.2 Å². The number of likely N-dealkylation sites (tertiary alicyclic amines) is 2. The van der Waals surface area contributed by atoms with Crippen LogP contribution in [0.3, 0.4) is 0 Å². The van der Waals surface area contributed by atoms with Crippen molar-refractivity contribution >= 4 is 28.7 Å². The second-order valence-corrected chi connectivity index (χ2v) is 7.89. The Morgan fingerprint density at radius 3 is 2.32 bits per heavy atom. The molecule has 0 unspecified atom stereocenters. The predicted octanol–water partition coefficient (Wildman–Crippen LogP) is 4.10. The summed E-state index contributed by atoms with van der Waals surface area (Å²) in [6, 6.07) is 14.3. The van der Waals surface area contributed by atoms with Crippen LogP contribution in [0.2, 0.25) is 0 Å². The van der Waals surface area contributed by atoms with E-state index in [1.54, 1.807) is 6.08 Å².